The third-order valence-electron chi connectivity index (χ3n) is 3.24. The molecule has 0 atom stereocenters. The predicted octanol–water partition coefficient (Wildman–Crippen LogP) is 4.11. The Hall–Kier alpha value is -2.53. The highest BCUT2D eigenvalue weighted by Crippen LogP contribution is 2.21. The summed E-state index contributed by atoms with van der Waals surface area (Å²) in [6, 6.07) is 12.5. The van der Waals surface area contributed by atoms with Crippen molar-refractivity contribution in [1.82, 2.24) is 10.5 Å². The highest BCUT2D eigenvalue weighted by atomic mass is 35.5. The summed E-state index contributed by atoms with van der Waals surface area (Å²) < 4.78 is 5.23. The second-order valence-corrected chi connectivity index (χ2v) is 5.32. The highest BCUT2D eigenvalue weighted by molar-refractivity contribution is 6.33. The summed E-state index contributed by atoms with van der Waals surface area (Å²) in [5, 5.41) is 10.8. The number of benzene rings is 2. The SMILES string of the molecule is Cc1ccc2onc(CNC(=O)Nc3ccccc3Cl)c2c1. The fraction of sp³-hybridized carbons (Fsp3) is 0.125. The first-order chi connectivity index (χ1) is 10.6. The first kappa shape index (κ1) is 14.4. The number of fused-ring (bicyclic) bond motifs is 1. The number of para-hydroxylation sites is 1. The van der Waals surface area contributed by atoms with Crippen molar-refractivity contribution in [2.24, 2.45) is 0 Å². The zero-order valence-corrected chi connectivity index (χ0v) is 12.6. The fourth-order valence-corrected chi connectivity index (χ4v) is 2.31. The van der Waals surface area contributed by atoms with Gasteiger partial charge in [0.2, 0.25) is 0 Å². The van der Waals surface area contributed by atoms with Crippen molar-refractivity contribution in [2.75, 3.05) is 5.32 Å². The number of urea groups is 1. The van der Waals surface area contributed by atoms with Crippen LogP contribution >= 0.6 is 11.6 Å². The molecule has 22 heavy (non-hydrogen) atoms. The number of carbonyl (C=O) groups is 1. The van der Waals surface area contributed by atoms with Gasteiger partial charge in [-0.25, -0.2) is 4.79 Å². The van der Waals surface area contributed by atoms with Crippen LogP contribution in [-0.2, 0) is 6.54 Å². The predicted molar refractivity (Wildman–Crippen MR) is 86.1 cm³/mol. The maximum absolute atomic E-state index is 11.9. The Kier molecular flexibility index (Phi) is 3.98. The Balaban J connectivity index is 1.68. The number of rotatable bonds is 3. The molecule has 0 unspecified atom stereocenters. The molecule has 0 aliphatic carbocycles. The number of halogens is 1. The molecule has 2 aromatic carbocycles. The zero-order chi connectivity index (χ0) is 15.5. The first-order valence-electron chi connectivity index (χ1n) is 6.78. The van der Waals surface area contributed by atoms with Crippen LogP contribution in [0.5, 0.6) is 0 Å². The second-order valence-electron chi connectivity index (χ2n) is 4.92. The number of aromatic nitrogens is 1. The van der Waals surface area contributed by atoms with E-state index in [1.165, 1.54) is 0 Å². The average molecular weight is 316 g/mol. The number of nitrogens with one attached hydrogen (secondary N) is 2. The molecular weight excluding hydrogens is 302 g/mol. The summed E-state index contributed by atoms with van der Waals surface area (Å²) in [6.07, 6.45) is 0. The molecule has 112 valence electrons. The number of nitrogens with zero attached hydrogens (tertiary/aromatic N) is 1. The van der Waals surface area contributed by atoms with Crippen LogP contribution in [0.2, 0.25) is 5.02 Å². The van der Waals surface area contributed by atoms with E-state index < -0.39 is 0 Å². The Labute approximate surface area is 132 Å². The van der Waals surface area contributed by atoms with Crippen LogP contribution in [-0.4, -0.2) is 11.2 Å². The third kappa shape index (κ3) is 3.04. The molecule has 0 saturated heterocycles. The summed E-state index contributed by atoms with van der Waals surface area (Å²) in [5.41, 5.74) is 3.06. The molecule has 0 spiro atoms. The smallest absolute Gasteiger partial charge is 0.319 e. The summed E-state index contributed by atoms with van der Waals surface area (Å²) in [6.45, 7) is 2.26. The van der Waals surface area contributed by atoms with Gasteiger partial charge in [-0.3, -0.25) is 0 Å². The van der Waals surface area contributed by atoms with Gasteiger partial charge < -0.3 is 15.2 Å². The largest absolute Gasteiger partial charge is 0.356 e. The minimum Gasteiger partial charge on any atom is -0.356 e. The van der Waals surface area contributed by atoms with Gasteiger partial charge in [0.25, 0.3) is 0 Å². The minimum atomic E-state index is -0.350. The molecule has 0 aliphatic rings. The maximum atomic E-state index is 11.9. The molecule has 2 amide bonds. The summed E-state index contributed by atoms with van der Waals surface area (Å²) in [7, 11) is 0. The number of hydrogen-bond acceptors (Lipinski definition) is 3. The Bertz CT molecular complexity index is 829. The molecule has 0 bridgehead atoms. The first-order valence-corrected chi connectivity index (χ1v) is 7.15. The van der Waals surface area contributed by atoms with E-state index in [0.29, 0.717) is 22.0 Å². The van der Waals surface area contributed by atoms with Gasteiger partial charge in [0, 0.05) is 5.39 Å². The third-order valence-corrected chi connectivity index (χ3v) is 3.57. The lowest BCUT2D eigenvalue weighted by Gasteiger charge is -2.07. The summed E-state index contributed by atoms with van der Waals surface area (Å²) in [5.74, 6) is 0. The Morgan fingerprint density at radius 2 is 2.09 bits per heavy atom. The van der Waals surface area contributed by atoms with Crippen LogP contribution < -0.4 is 10.6 Å². The van der Waals surface area contributed by atoms with Crippen molar-refractivity contribution in [2.45, 2.75) is 13.5 Å². The Morgan fingerprint density at radius 1 is 1.27 bits per heavy atom. The van der Waals surface area contributed by atoms with Crippen molar-refractivity contribution in [3.63, 3.8) is 0 Å². The zero-order valence-electron chi connectivity index (χ0n) is 11.9. The molecule has 6 heteroatoms. The van der Waals surface area contributed by atoms with Gasteiger partial charge in [-0.15, -0.1) is 0 Å². The summed E-state index contributed by atoms with van der Waals surface area (Å²) >= 11 is 5.99. The maximum Gasteiger partial charge on any atom is 0.319 e. The molecule has 2 N–H and O–H groups in total. The molecule has 5 nitrogen and oxygen atoms in total. The molecule has 0 radical (unpaired) electrons. The average Bonchev–Trinajstić information content (AvgIpc) is 2.90. The van der Waals surface area contributed by atoms with Crippen molar-refractivity contribution in [3.8, 4) is 0 Å². The lowest BCUT2D eigenvalue weighted by atomic mass is 10.1. The van der Waals surface area contributed by atoms with E-state index >= 15 is 0 Å². The van der Waals surface area contributed by atoms with E-state index in [9.17, 15) is 4.79 Å². The molecule has 0 saturated carbocycles. The van der Waals surface area contributed by atoms with Crippen LogP contribution in [0.15, 0.2) is 47.0 Å². The molecule has 1 aromatic heterocycles. The molecule has 3 aromatic rings. The molecule has 1 heterocycles. The van der Waals surface area contributed by atoms with Crippen molar-refractivity contribution < 1.29 is 9.32 Å². The van der Waals surface area contributed by atoms with Crippen LogP contribution in [0.4, 0.5) is 10.5 Å². The van der Waals surface area contributed by atoms with Gasteiger partial charge in [0.15, 0.2) is 5.58 Å². The van der Waals surface area contributed by atoms with E-state index in [-0.39, 0.29) is 12.6 Å². The van der Waals surface area contributed by atoms with Crippen molar-refractivity contribution in [3.05, 3.63) is 58.7 Å². The van der Waals surface area contributed by atoms with E-state index in [0.717, 1.165) is 10.9 Å². The van der Waals surface area contributed by atoms with Crippen molar-refractivity contribution in [1.29, 1.82) is 0 Å². The number of hydrogen-bond donors (Lipinski definition) is 2. The van der Waals surface area contributed by atoms with E-state index in [1.54, 1.807) is 24.3 Å². The monoisotopic (exact) mass is 315 g/mol. The topological polar surface area (TPSA) is 67.2 Å². The van der Waals surface area contributed by atoms with Crippen LogP contribution in [0.25, 0.3) is 11.0 Å². The minimum absolute atomic E-state index is 0.271. The van der Waals surface area contributed by atoms with Gasteiger partial charge in [-0.2, -0.15) is 0 Å². The molecule has 0 fully saturated rings. The van der Waals surface area contributed by atoms with Gasteiger partial charge >= 0.3 is 6.03 Å². The number of carbonyl (C=O) groups excluding carboxylic acids is 1. The Morgan fingerprint density at radius 3 is 2.91 bits per heavy atom. The normalized spacial score (nSPS) is 10.6. The molecule has 0 aliphatic heterocycles. The van der Waals surface area contributed by atoms with Gasteiger partial charge in [0.1, 0.15) is 5.69 Å². The van der Waals surface area contributed by atoms with Crippen LogP contribution in [0.3, 0.4) is 0 Å². The molecular formula is C16H14ClN3O2. The number of amides is 2. The number of anilines is 1. The van der Waals surface area contributed by atoms with Crippen LogP contribution in [0, 0.1) is 6.92 Å². The highest BCUT2D eigenvalue weighted by Gasteiger charge is 2.10. The van der Waals surface area contributed by atoms with Crippen molar-refractivity contribution >= 4 is 34.3 Å². The molecule has 3 rings (SSSR count). The quantitative estimate of drug-likeness (QED) is 0.764. The second kappa shape index (κ2) is 6.07. The summed E-state index contributed by atoms with van der Waals surface area (Å²) in [4.78, 5) is 11.9. The lowest BCUT2D eigenvalue weighted by Crippen LogP contribution is -2.28. The van der Waals surface area contributed by atoms with Gasteiger partial charge in [0.05, 0.1) is 17.3 Å². The standard InChI is InChI=1S/C16H14ClN3O2/c1-10-6-7-15-11(8-10)14(20-22-15)9-18-16(21)19-13-5-3-2-4-12(13)17/h2-8H,9H2,1H3,(H2,18,19,21). The van der Waals surface area contributed by atoms with E-state index in [1.807, 2.05) is 25.1 Å². The van der Waals surface area contributed by atoms with E-state index in [4.69, 9.17) is 16.1 Å². The lowest BCUT2D eigenvalue weighted by molar-refractivity contribution is 0.251. The number of aryl methyl sites for hydroxylation is 1. The van der Waals surface area contributed by atoms with Gasteiger partial charge in [-0.1, -0.05) is 40.5 Å². The van der Waals surface area contributed by atoms with Gasteiger partial charge in [-0.05, 0) is 31.2 Å². The van der Waals surface area contributed by atoms with Crippen LogP contribution in [0.1, 0.15) is 11.3 Å². The van der Waals surface area contributed by atoms with E-state index in [2.05, 4.69) is 15.8 Å². The fourth-order valence-electron chi connectivity index (χ4n) is 2.12.